The summed E-state index contributed by atoms with van der Waals surface area (Å²) in [4.78, 5) is 13.8. The fourth-order valence-electron chi connectivity index (χ4n) is 3.84. The van der Waals surface area contributed by atoms with Crippen molar-refractivity contribution < 1.29 is 9.21 Å². The van der Waals surface area contributed by atoms with Crippen LogP contribution < -0.4 is 5.32 Å². The van der Waals surface area contributed by atoms with Crippen LogP contribution in [0, 0.1) is 25.2 Å². The van der Waals surface area contributed by atoms with Crippen molar-refractivity contribution in [1.29, 1.82) is 5.26 Å². The van der Waals surface area contributed by atoms with Crippen molar-refractivity contribution in [3.63, 3.8) is 0 Å². The summed E-state index contributed by atoms with van der Waals surface area (Å²) in [5, 5.41) is 12.6. The van der Waals surface area contributed by atoms with Crippen molar-refractivity contribution in [2.45, 2.75) is 44.6 Å². The Balaban J connectivity index is 1.50. The van der Waals surface area contributed by atoms with E-state index in [0.29, 0.717) is 23.7 Å². The predicted octanol–water partition coefficient (Wildman–Crippen LogP) is 4.84. The van der Waals surface area contributed by atoms with Crippen molar-refractivity contribution >= 4 is 23.5 Å². The van der Waals surface area contributed by atoms with Crippen molar-refractivity contribution in [3.8, 4) is 6.07 Å². The molecule has 0 unspecified atom stereocenters. The molecule has 29 heavy (non-hydrogen) atoms. The van der Waals surface area contributed by atoms with Gasteiger partial charge in [-0.25, -0.2) is 0 Å². The molecule has 0 bridgehead atoms. The molecule has 0 radical (unpaired) electrons. The largest absolute Gasteiger partial charge is 0.467 e. The van der Waals surface area contributed by atoms with Gasteiger partial charge in [-0.3, -0.25) is 4.79 Å². The number of nitrogens with zero attached hydrogens (tertiary/aromatic N) is 2. The molecule has 0 atom stereocenters. The van der Waals surface area contributed by atoms with Gasteiger partial charge in [0, 0.05) is 10.6 Å². The van der Waals surface area contributed by atoms with Crippen molar-refractivity contribution in [3.05, 3.63) is 70.3 Å². The Bertz CT molecular complexity index is 1090. The first-order valence-electron chi connectivity index (χ1n) is 9.73. The van der Waals surface area contributed by atoms with E-state index < -0.39 is 0 Å². The number of hydrogen-bond acceptors (Lipinski definition) is 4. The van der Waals surface area contributed by atoms with Crippen LogP contribution in [0.5, 0.6) is 0 Å². The van der Waals surface area contributed by atoms with Crippen LogP contribution in [0.3, 0.4) is 0 Å². The fourth-order valence-corrected chi connectivity index (χ4v) is 4.60. The molecule has 5 nitrogen and oxygen atoms in total. The Labute approximate surface area is 174 Å². The predicted molar refractivity (Wildman–Crippen MR) is 114 cm³/mol. The molecule has 2 heterocycles. The minimum atomic E-state index is -0.120. The summed E-state index contributed by atoms with van der Waals surface area (Å²) in [5.41, 5.74) is 5.16. The van der Waals surface area contributed by atoms with E-state index in [1.807, 2.05) is 30.5 Å². The van der Waals surface area contributed by atoms with E-state index >= 15 is 0 Å². The fraction of sp³-hybridized carbons (Fsp3) is 0.304. The number of rotatable bonds is 6. The number of anilines is 1. The summed E-state index contributed by atoms with van der Waals surface area (Å²) in [6.07, 6.45) is 5.12. The van der Waals surface area contributed by atoms with Gasteiger partial charge in [0.1, 0.15) is 17.6 Å². The average molecular weight is 406 g/mol. The molecular weight excluding hydrogens is 382 g/mol. The summed E-state index contributed by atoms with van der Waals surface area (Å²) < 4.78 is 7.39. The van der Waals surface area contributed by atoms with Crippen LogP contribution in [-0.2, 0) is 24.2 Å². The molecule has 148 valence electrons. The first-order valence-corrected chi connectivity index (χ1v) is 10.7. The van der Waals surface area contributed by atoms with Crippen LogP contribution in [0.25, 0.3) is 0 Å². The molecule has 0 fully saturated rings. The number of benzene rings is 1. The highest BCUT2D eigenvalue weighted by molar-refractivity contribution is 8.00. The number of carbonyl (C=O) groups excluding carboxylic acids is 1. The number of amides is 1. The lowest BCUT2D eigenvalue weighted by Gasteiger charge is -2.12. The highest BCUT2D eigenvalue weighted by Gasteiger charge is 2.20. The number of thioether (sulfide) groups is 1. The van der Waals surface area contributed by atoms with Gasteiger partial charge < -0.3 is 14.3 Å². The zero-order valence-corrected chi connectivity index (χ0v) is 17.4. The molecule has 1 aliphatic carbocycles. The molecule has 2 aromatic heterocycles. The Morgan fingerprint density at radius 3 is 2.86 bits per heavy atom. The van der Waals surface area contributed by atoms with Crippen molar-refractivity contribution in [2.75, 3.05) is 11.1 Å². The second kappa shape index (κ2) is 8.22. The Hall–Kier alpha value is -2.91. The molecule has 0 spiro atoms. The third-order valence-corrected chi connectivity index (χ3v) is 6.53. The zero-order chi connectivity index (χ0) is 20.4. The van der Waals surface area contributed by atoms with Crippen LogP contribution in [0.4, 0.5) is 5.82 Å². The number of carbonyl (C=O) groups is 1. The smallest absolute Gasteiger partial charge is 0.235 e. The van der Waals surface area contributed by atoms with E-state index in [1.54, 1.807) is 6.26 Å². The molecule has 0 saturated heterocycles. The molecule has 6 heteroatoms. The molecule has 1 amide bonds. The van der Waals surface area contributed by atoms with Gasteiger partial charge in [-0.1, -0.05) is 6.07 Å². The highest BCUT2D eigenvalue weighted by atomic mass is 32.2. The van der Waals surface area contributed by atoms with Crippen LogP contribution in [-0.4, -0.2) is 16.2 Å². The molecule has 1 aromatic carbocycles. The van der Waals surface area contributed by atoms with Gasteiger partial charge in [-0.15, -0.1) is 11.8 Å². The normalized spacial score (nSPS) is 12.6. The van der Waals surface area contributed by atoms with Gasteiger partial charge in [0.2, 0.25) is 5.91 Å². The first-order chi connectivity index (χ1) is 14.1. The van der Waals surface area contributed by atoms with E-state index in [0.717, 1.165) is 34.8 Å². The summed E-state index contributed by atoms with van der Waals surface area (Å²) in [5.74, 6) is 1.49. The van der Waals surface area contributed by atoms with E-state index in [4.69, 9.17) is 4.42 Å². The zero-order valence-electron chi connectivity index (χ0n) is 16.6. The minimum absolute atomic E-state index is 0.120. The van der Waals surface area contributed by atoms with E-state index in [2.05, 4.69) is 29.6 Å². The van der Waals surface area contributed by atoms with Gasteiger partial charge in [0.05, 0.1) is 24.1 Å². The van der Waals surface area contributed by atoms with Crippen LogP contribution in [0.15, 0.2) is 45.9 Å². The van der Waals surface area contributed by atoms with E-state index in [-0.39, 0.29) is 5.91 Å². The SMILES string of the molecule is Cc1c(C#N)c(NC(=O)CSc2ccc3c(c2)CCC3)n(Cc2ccco2)c1C. The van der Waals surface area contributed by atoms with Gasteiger partial charge in [0.15, 0.2) is 0 Å². The number of fused-ring (bicyclic) bond motifs is 1. The quantitative estimate of drug-likeness (QED) is 0.596. The van der Waals surface area contributed by atoms with Crippen molar-refractivity contribution in [1.82, 2.24) is 4.57 Å². The third-order valence-electron chi connectivity index (χ3n) is 5.53. The maximum absolute atomic E-state index is 12.7. The topological polar surface area (TPSA) is 71.0 Å². The van der Waals surface area contributed by atoms with Gasteiger partial charge in [-0.05, 0) is 74.1 Å². The second-order valence-electron chi connectivity index (χ2n) is 7.33. The number of aromatic nitrogens is 1. The lowest BCUT2D eigenvalue weighted by atomic mass is 10.1. The second-order valence-corrected chi connectivity index (χ2v) is 8.38. The van der Waals surface area contributed by atoms with Crippen molar-refractivity contribution in [2.24, 2.45) is 0 Å². The number of furan rings is 1. The average Bonchev–Trinajstić information content (AvgIpc) is 3.44. The Kier molecular flexibility index (Phi) is 5.50. The lowest BCUT2D eigenvalue weighted by Crippen LogP contribution is -2.18. The van der Waals surface area contributed by atoms with Gasteiger partial charge >= 0.3 is 0 Å². The number of nitriles is 1. The van der Waals surface area contributed by atoms with E-state index in [9.17, 15) is 10.1 Å². The highest BCUT2D eigenvalue weighted by Crippen LogP contribution is 2.29. The molecule has 3 aromatic rings. The molecule has 0 aliphatic heterocycles. The molecule has 0 saturated carbocycles. The minimum Gasteiger partial charge on any atom is -0.467 e. The maximum atomic E-state index is 12.7. The molecule has 1 aliphatic rings. The number of aryl methyl sites for hydroxylation is 2. The molecule has 4 rings (SSSR count). The van der Waals surface area contributed by atoms with Crippen LogP contribution in [0.2, 0.25) is 0 Å². The summed E-state index contributed by atoms with van der Waals surface area (Å²) in [6.45, 7) is 4.32. The van der Waals surface area contributed by atoms with E-state index in [1.165, 1.54) is 29.3 Å². The Morgan fingerprint density at radius 2 is 2.10 bits per heavy atom. The monoisotopic (exact) mass is 405 g/mol. The summed E-state index contributed by atoms with van der Waals surface area (Å²) in [6, 6.07) is 12.4. The standard InChI is InChI=1S/C23H23N3O2S/c1-15-16(2)26(13-19-7-4-10-28-19)23(21(15)12-24)25-22(27)14-29-20-9-8-17-5-3-6-18(17)11-20/h4,7-11H,3,5-6,13-14H2,1-2H3,(H,25,27). The van der Waals surface area contributed by atoms with Crippen LogP contribution in [0.1, 0.15) is 40.1 Å². The van der Waals surface area contributed by atoms with Crippen LogP contribution >= 0.6 is 11.8 Å². The number of hydrogen-bond donors (Lipinski definition) is 1. The molecule has 1 N–H and O–H groups in total. The maximum Gasteiger partial charge on any atom is 0.235 e. The summed E-state index contributed by atoms with van der Waals surface area (Å²) in [7, 11) is 0. The molecular formula is C23H23N3O2S. The Morgan fingerprint density at radius 1 is 1.28 bits per heavy atom. The summed E-state index contributed by atoms with van der Waals surface area (Å²) >= 11 is 1.53. The first kappa shape index (κ1) is 19.4. The van der Waals surface area contributed by atoms with Gasteiger partial charge in [-0.2, -0.15) is 5.26 Å². The van der Waals surface area contributed by atoms with Gasteiger partial charge in [0.25, 0.3) is 0 Å². The third kappa shape index (κ3) is 3.96. The number of nitrogens with one attached hydrogen (secondary N) is 1. The lowest BCUT2D eigenvalue weighted by molar-refractivity contribution is -0.113.